The van der Waals surface area contributed by atoms with Crippen molar-refractivity contribution in [3.63, 3.8) is 0 Å². The lowest BCUT2D eigenvalue weighted by molar-refractivity contribution is -0.121. The van der Waals surface area contributed by atoms with Crippen molar-refractivity contribution in [1.82, 2.24) is 0 Å². The van der Waals surface area contributed by atoms with Crippen LogP contribution in [0.15, 0.2) is 54.8 Å². The Morgan fingerprint density at radius 1 is 1.27 bits per heavy atom. The summed E-state index contributed by atoms with van der Waals surface area (Å²) in [5.41, 5.74) is 2.82. The Bertz CT molecular complexity index is 1030. The van der Waals surface area contributed by atoms with E-state index in [1.807, 2.05) is 32.9 Å². The normalized spacial score (nSPS) is 15.3. The lowest BCUT2D eigenvalue weighted by Gasteiger charge is -2.39. The summed E-state index contributed by atoms with van der Waals surface area (Å²) in [6.45, 7) is 9.46. The number of fused-ring (bicyclic) bond motifs is 1. The molecule has 1 amide bonds. The third kappa shape index (κ3) is 3.77. The predicted octanol–water partition coefficient (Wildman–Crippen LogP) is 5.27. The highest BCUT2D eigenvalue weighted by Crippen LogP contribution is 2.44. The molecule has 0 radical (unpaired) electrons. The molecule has 1 heterocycles. The summed E-state index contributed by atoms with van der Waals surface area (Å²) in [4.78, 5) is 14.6. The van der Waals surface area contributed by atoms with Crippen LogP contribution in [0.2, 0.25) is 0 Å². The number of ether oxygens (including phenoxy) is 2. The first kappa shape index (κ1) is 21.4. The number of benzene rings is 2. The first-order valence-corrected chi connectivity index (χ1v) is 9.71. The highest BCUT2D eigenvalue weighted by molar-refractivity contribution is 6.08. The van der Waals surface area contributed by atoms with E-state index in [2.05, 4.69) is 11.9 Å². The molecule has 0 saturated carbocycles. The zero-order chi connectivity index (χ0) is 22.1. The monoisotopic (exact) mass is 410 g/mol. The standard InChI is InChI=1S/C24H27FN2O3/c1-7-16(8-2)30-14-19-17(18-13-15(25)9-12-21(18)29-6)10-11-20-22(19)27(5)23(28)24(3,4)26-20/h7-13,26H,1,14H2,2-6H3/b16-8+. The van der Waals surface area contributed by atoms with Gasteiger partial charge >= 0.3 is 0 Å². The van der Waals surface area contributed by atoms with Gasteiger partial charge in [0.25, 0.3) is 5.91 Å². The molecule has 0 saturated heterocycles. The summed E-state index contributed by atoms with van der Waals surface area (Å²) < 4.78 is 25.5. The van der Waals surface area contributed by atoms with Crippen molar-refractivity contribution < 1.29 is 18.7 Å². The third-order valence-corrected chi connectivity index (χ3v) is 5.23. The summed E-state index contributed by atoms with van der Waals surface area (Å²) >= 11 is 0. The van der Waals surface area contributed by atoms with E-state index in [0.29, 0.717) is 22.8 Å². The molecule has 1 aliphatic rings. The fourth-order valence-electron chi connectivity index (χ4n) is 3.74. The quantitative estimate of drug-likeness (QED) is 0.520. The van der Waals surface area contributed by atoms with Gasteiger partial charge in [-0.25, -0.2) is 4.39 Å². The predicted molar refractivity (Wildman–Crippen MR) is 118 cm³/mol. The van der Waals surface area contributed by atoms with Gasteiger partial charge < -0.3 is 19.7 Å². The van der Waals surface area contributed by atoms with E-state index in [-0.39, 0.29) is 18.3 Å². The molecule has 1 N–H and O–H groups in total. The molecule has 0 fully saturated rings. The Hall–Kier alpha value is -3.28. The average Bonchev–Trinajstić information content (AvgIpc) is 2.72. The zero-order valence-corrected chi connectivity index (χ0v) is 18.0. The largest absolute Gasteiger partial charge is 0.496 e. The summed E-state index contributed by atoms with van der Waals surface area (Å²) in [6, 6.07) is 8.16. The van der Waals surface area contributed by atoms with Gasteiger partial charge in [-0.15, -0.1) is 0 Å². The lowest BCUT2D eigenvalue weighted by atomic mass is 9.92. The molecule has 3 rings (SSSR count). The highest BCUT2D eigenvalue weighted by Gasteiger charge is 2.38. The molecule has 0 spiro atoms. The molecule has 158 valence electrons. The van der Waals surface area contributed by atoms with Gasteiger partial charge in [-0.3, -0.25) is 4.79 Å². The van der Waals surface area contributed by atoms with Crippen molar-refractivity contribution in [2.45, 2.75) is 32.9 Å². The van der Waals surface area contributed by atoms with Crippen LogP contribution in [0, 0.1) is 5.82 Å². The van der Waals surface area contributed by atoms with Gasteiger partial charge in [0, 0.05) is 18.2 Å². The molecule has 0 aliphatic carbocycles. The van der Waals surface area contributed by atoms with Crippen LogP contribution in [0.1, 0.15) is 26.3 Å². The van der Waals surface area contributed by atoms with Crippen LogP contribution in [-0.4, -0.2) is 25.6 Å². The molecule has 2 aromatic rings. The number of carbonyl (C=O) groups is 1. The van der Waals surface area contributed by atoms with Crippen molar-refractivity contribution in [3.05, 3.63) is 66.2 Å². The molecule has 0 unspecified atom stereocenters. The molecule has 0 bridgehead atoms. The minimum Gasteiger partial charge on any atom is -0.496 e. The number of nitrogens with one attached hydrogen (secondary N) is 1. The second-order valence-corrected chi connectivity index (χ2v) is 7.63. The van der Waals surface area contributed by atoms with E-state index in [1.165, 1.54) is 12.1 Å². The van der Waals surface area contributed by atoms with Crippen LogP contribution in [0.4, 0.5) is 15.8 Å². The van der Waals surface area contributed by atoms with Crippen molar-refractivity contribution in [1.29, 1.82) is 0 Å². The smallest absolute Gasteiger partial charge is 0.251 e. The van der Waals surface area contributed by atoms with Crippen LogP contribution in [0.3, 0.4) is 0 Å². The van der Waals surface area contributed by atoms with Gasteiger partial charge in [-0.05, 0) is 62.8 Å². The Balaban J connectivity index is 2.25. The first-order chi connectivity index (χ1) is 14.2. The Morgan fingerprint density at radius 3 is 2.63 bits per heavy atom. The van der Waals surface area contributed by atoms with E-state index in [4.69, 9.17) is 9.47 Å². The van der Waals surface area contributed by atoms with E-state index in [0.717, 1.165) is 16.8 Å². The fraction of sp³-hybridized carbons (Fsp3) is 0.292. The van der Waals surface area contributed by atoms with Gasteiger partial charge in [0.05, 0.1) is 18.5 Å². The molecule has 1 aliphatic heterocycles. The van der Waals surface area contributed by atoms with E-state index in [9.17, 15) is 9.18 Å². The minimum atomic E-state index is -0.743. The van der Waals surface area contributed by atoms with Gasteiger partial charge in [0.15, 0.2) is 0 Å². The van der Waals surface area contributed by atoms with E-state index in [1.54, 1.807) is 37.3 Å². The van der Waals surface area contributed by atoms with Crippen molar-refractivity contribution in [2.75, 3.05) is 24.4 Å². The Kier molecular flexibility index (Phi) is 5.87. The topological polar surface area (TPSA) is 50.8 Å². The summed E-state index contributed by atoms with van der Waals surface area (Å²) in [5.74, 6) is 0.697. The number of carbonyl (C=O) groups excluding carboxylic acids is 1. The number of likely N-dealkylation sites (N-methyl/N-ethyl adjacent to an activating group) is 1. The molecule has 6 heteroatoms. The van der Waals surface area contributed by atoms with Gasteiger partial charge in [0.2, 0.25) is 0 Å². The number of methoxy groups -OCH3 is 1. The van der Waals surface area contributed by atoms with Crippen LogP contribution in [-0.2, 0) is 16.1 Å². The molecule has 0 atom stereocenters. The Morgan fingerprint density at radius 2 is 2.00 bits per heavy atom. The highest BCUT2D eigenvalue weighted by atomic mass is 19.1. The fourth-order valence-corrected chi connectivity index (χ4v) is 3.74. The molecule has 5 nitrogen and oxygen atoms in total. The summed E-state index contributed by atoms with van der Waals surface area (Å²) in [5, 5.41) is 3.30. The maximum atomic E-state index is 14.1. The number of rotatable bonds is 6. The maximum Gasteiger partial charge on any atom is 0.251 e. The van der Waals surface area contributed by atoms with E-state index < -0.39 is 5.54 Å². The molecule has 30 heavy (non-hydrogen) atoms. The summed E-state index contributed by atoms with van der Waals surface area (Å²) in [7, 11) is 3.28. The summed E-state index contributed by atoms with van der Waals surface area (Å²) in [6.07, 6.45) is 3.43. The van der Waals surface area contributed by atoms with Crippen LogP contribution in [0.25, 0.3) is 11.1 Å². The SMILES string of the molecule is C=C/C(=C\C)OCc1c(-c2cc(F)ccc2OC)ccc2c1N(C)C(=O)C(C)(C)N2. The number of anilines is 2. The van der Waals surface area contributed by atoms with Gasteiger partial charge in [-0.2, -0.15) is 0 Å². The van der Waals surface area contributed by atoms with Crippen LogP contribution in [0.5, 0.6) is 5.75 Å². The molecule has 0 aromatic heterocycles. The van der Waals surface area contributed by atoms with Crippen LogP contribution < -0.4 is 15.0 Å². The maximum absolute atomic E-state index is 14.1. The number of hydrogen-bond acceptors (Lipinski definition) is 4. The van der Waals surface area contributed by atoms with Crippen molar-refractivity contribution in [2.24, 2.45) is 0 Å². The Labute approximate surface area is 176 Å². The molecular weight excluding hydrogens is 383 g/mol. The molecular formula is C24H27FN2O3. The van der Waals surface area contributed by atoms with Crippen molar-refractivity contribution >= 4 is 17.3 Å². The second-order valence-electron chi connectivity index (χ2n) is 7.63. The number of allylic oxidation sites excluding steroid dienone is 2. The number of hydrogen-bond donors (Lipinski definition) is 1. The zero-order valence-electron chi connectivity index (χ0n) is 18.0. The second kappa shape index (κ2) is 8.22. The van der Waals surface area contributed by atoms with Crippen LogP contribution >= 0.6 is 0 Å². The lowest BCUT2D eigenvalue weighted by Crippen LogP contribution is -2.52. The molecule has 2 aromatic carbocycles. The number of nitrogens with zero attached hydrogens (tertiary/aromatic N) is 1. The average molecular weight is 410 g/mol. The first-order valence-electron chi connectivity index (χ1n) is 9.71. The number of halogens is 1. The van der Waals surface area contributed by atoms with Gasteiger partial charge in [-0.1, -0.05) is 12.6 Å². The van der Waals surface area contributed by atoms with E-state index >= 15 is 0 Å². The third-order valence-electron chi connectivity index (χ3n) is 5.23. The number of amides is 1. The van der Waals surface area contributed by atoms with Gasteiger partial charge in [0.1, 0.15) is 29.5 Å². The minimum absolute atomic E-state index is 0.0745. The van der Waals surface area contributed by atoms with Crippen molar-refractivity contribution in [3.8, 4) is 16.9 Å².